The molecule has 1 aromatic heterocycles. The van der Waals surface area contributed by atoms with Crippen LogP contribution in [0.5, 0.6) is 0 Å². The molecule has 180 valence electrons. The van der Waals surface area contributed by atoms with Gasteiger partial charge < -0.3 is 5.32 Å². The highest BCUT2D eigenvalue weighted by Gasteiger charge is 2.13. The van der Waals surface area contributed by atoms with Crippen LogP contribution in [0.15, 0.2) is 56.9 Å². The number of nitrogens with zero attached hydrogens (tertiary/aromatic N) is 4. The van der Waals surface area contributed by atoms with Crippen molar-refractivity contribution in [2.24, 2.45) is 9.50 Å². The van der Waals surface area contributed by atoms with Gasteiger partial charge >= 0.3 is 0 Å². The summed E-state index contributed by atoms with van der Waals surface area (Å²) in [6.45, 7) is 3.06. The maximum absolute atomic E-state index is 12.3. The Labute approximate surface area is 211 Å². The van der Waals surface area contributed by atoms with E-state index in [4.69, 9.17) is 11.6 Å². The minimum atomic E-state index is -3.92. The molecule has 0 aliphatic carbocycles. The number of hydrazine groups is 1. The van der Waals surface area contributed by atoms with Gasteiger partial charge in [-0.25, -0.2) is 5.43 Å². The zero-order chi connectivity index (χ0) is 23.8. The van der Waals surface area contributed by atoms with Crippen molar-refractivity contribution in [3.63, 3.8) is 0 Å². The number of benzene rings is 2. The molecule has 0 spiro atoms. The van der Waals surface area contributed by atoms with E-state index >= 15 is 0 Å². The monoisotopic (exact) mass is 542 g/mol. The molecule has 0 unspecified atom stereocenters. The lowest BCUT2D eigenvalue weighted by molar-refractivity contribution is -0.114. The summed E-state index contributed by atoms with van der Waals surface area (Å²) in [6, 6.07) is 11.6. The standard InChI is InChI=1S/C19H19ClN8O3S2.ClH/c1-12-9-14(7-8-17(12)25-13(2)29)33(30,31)24-11-22-21-10-23-27-19-28-26-18(32-19)15-5-3-4-6-16(15)20;/h3-11H,1-2H3,(H,21,23)(H,22,24)(H,25,29)(H,27,28);1H. The van der Waals surface area contributed by atoms with Crippen molar-refractivity contribution >= 4 is 74.8 Å². The largest absolute Gasteiger partial charge is 0.326 e. The summed E-state index contributed by atoms with van der Waals surface area (Å²) in [5.74, 6) is -0.245. The van der Waals surface area contributed by atoms with Crippen LogP contribution in [-0.2, 0) is 14.8 Å². The minimum absolute atomic E-state index is 0. The van der Waals surface area contributed by atoms with Gasteiger partial charge in [-0.05, 0) is 36.8 Å². The van der Waals surface area contributed by atoms with Crippen LogP contribution in [0.3, 0.4) is 0 Å². The molecule has 4 N–H and O–H groups in total. The summed E-state index contributed by atoms with van der Waals surface area (Å²) in [7, 11) is -3.92. The number of hydrogen-bond donors (Lipinski definition) is 4. The second-order valence-corrected chi connectivity index (χ2v) is 9.44. The van der Waals surface area contributed by atoms with Gasteiger partial charge in [-0.2, -0.15) is 13.5 Å². The number of hydrazone groups is 1. The number of anilines is 2. The summed E-state index contributed by atoms with van der Waals surface area (Å²) in [4.78, 5) is 11.1. The van der Waals surface area contributed by atoms with Gasteiger partial charge in [-0.15, -0.1) is 27.0 Å². The summed E-state index contributed by atoms with van der Waals surface area (Å²) in [6.07, 6.45) is 2.21. The van der Waals surface area contributed by atoms with Crippen molar-refractivity contribution in [3.05, 3.63) is 53.1 Å². The fourth-order valence-corrected chi connectivity index (χ4v) is 4.38. The average Bonchev–Trinajstić information content (AvgIpc) is 3.23. The molecule has 0 atom stereocenters. The lowest BCUT2D eigenvalue weighted by atomic mass is 10.2. The number of carbonyl (C=O) groups excluding carboxylic acids is 1. The Balaban J connectivity index is 0.00000408. The van der Waals surface area contributed by atoms with Gasteiger partial charge in [0.15, 0.2) is 5.01 Å². The van der Waals surface area contributed by atoms with Crippen molar-refractivity contribution in [3.8, 4) is 10.6 Å². The number of amides is 1. The first-order valence-electron chi connectivity index (χ1n) is 9.30. The third-order valence-corrected chi connectivity index (χ3v) is 6.39. The van der Waals surface area contributed by atoms with Crippen molar-refractivity contribution in [1.29, 1.82) is 0 Å². The van der Waals surface area contributed by atoms with Crippen LogP contribution in [0.1, 0.15) is 12.5 Å². The maximum Gasteiger partial charge on any atom is 0.283 e. The molecule has 0 radical (unpaired) electrons. The molecule has 0 aliphatic rings. The topological polar surface area (TPSA) is 150 Å². The average molecular weight is 543 g/mol. The van der Waals surface area contributed by atoms with Gasteiger partial charge in [0.25, 0.3) is 10.0 Å². The molecule has 0 fully saturated rings. The highest BCUT2D eigenvalue weighted by Crippen LogP contribution is 2.31. The van der Waals surface area contributed by atoms with Crippen molar-refractivity contribution in [2.45, 2.75) is 18.7 Å². The second-order valence-electron chi connectivity index (χ2n) is 6.42. The van der Waals surface area contributed by atoms with E-state index in [0.717, 1.165) is 11.9 Å². The highest BCUT2D eigenvalue weighted by atomic mass is 35.5. The molecule has 1 heterocycles. The highest BCUT2D eigenvalue weighted by molar-refractivity contribution is 7.90. The van der Waals surface area contributed by atoms with E-state index in [0.29, 0.717) is 26.4 Å². The van der Waals surface area contributed by atoms with Crippen molar-refractivity contribution < 1.29 is 13.2 Å². The number of aromatic nitrogens is 2. The third-order valence-electron chi connectivity index (χ3n) is 3.96. The molecule has 3 aromatic rings. The summed E-state index contributed by atoms with van der Waals surface area (Å²) in [5.41, 5.74) is 9.60. The van der Waals surface area contributed by atoms with Gasteiger partial charge in [0.05, 0.1) is 9.92 Å². The van der Waals surface area contributed by atoms with Crippen LogP contribution in [-0.4, -0.2) is 37.2 Å². The first-order valence-corrected chi connectivity index (χ1v) is 11.9. The molecule has 2 aromatic carbocycles. The smallest absolute Gasteiger partial charge is 0.283 e. The zero-order valence-electron chi connectivity index (χ0n) is 17.8. The molecule has 11 nitrogen and oxygen atoms in total. The SMILES string of the molecule is CC(=O)Nc1ccc(S(=O)(=O)/N=C/NN/C=N/Nc2nnc(-c3ccccc3Cl)s2)cc1C.Cl. The van der Waals surface area contributed by atoms with Crippen LogP contribution >= 0.6 is 35.3 Å². The van der Waals surface area contributed by atoms with E-state index in [-0.39, 0.29) is 23.2 Å². The molecule has 3 rings (SSSR count). The van der Waals surface area contributed by atoms with E-state index < -0.39 is 10.0 Å². The van der Waals surface area contributed by atoms with Crippen LogP contribution in [0.2, 0.25) is 5.02 Å². The van der Waals surface area contributed by atoms with Crippen molar-refractivity contribution in [1.82, 2.24) is 21.0 Å². The minimum Gasteiger partial charge on any atom is -0.326 e. The lowest BCUT2D eigenvalue weighted by Gasteiger charge is -2.07. The van der Waals surface area contributed by atoms with Gasteiger partial charge in [-0.1, -0.05) is 41.1 Å². The number of halogens is 2. The second kappa shape index (κ2) is 12.3. The van der Waals surface area contributed by atoms with Gasteiger partial charge in [-0.3, -0.25) is 15.6 Å². The molecule has 34 heavy (non-hydrogen) atoms. The quantitative estimate of drug-likeness (QED) is 0.139. The van der Waals surface area contributed by atoms with Crippen LogP contribution in [0, 0.1) is 6.92 Å². The number of aryl methyl sites for hydroxylation is 1. The number of rotatable bonds is 9. The number of sulfonamides is 1. The van der Waals surface area contributed by atoms with E-state index in [2.05, 4.69) is 41.3 Å². The molecule has 0 saturated heterocycles. The maximum atomic E-state index is 12.3. The van der Waals surface area contributed by atoms with E-state index in [1.54, 1.807) is 13.0 Å². The number of carbonyl (C=O) groups is 1. The fourth-order valence-electron chi connectivity index (χ4n) is 2.49. The summed E-state index contributed by atoms with van der Waals surface area (Å²) < 4.78 is 28.2. The van der Waals surface area contributed by atoms with E-state index in [9.17, 15) is 13.2 Å². The van der Waals surface area contributed by atoms with Gasteiger partial charge in [0.1, 0.15) is 12.7 Å². The Morgan fingerprint density at radius 1 is 1.12 bits per heavy atom. The predicted octanol–water partition coefficient (Wildman–Crippen LogP) is 3.41. The Morgan fingerprint density at radius 3 is 2.56 bits per heavy atom. The first-order chi connectivity index (χ1) is 15.8. The normalized spacial score (nSPS) is 11.3. The Hall–Kier alpha value is -3.26. The van der Waals surface area contributed by atoms with Gasteiger partial charge in [0.2, 0.25) is 11.0 Å². The molecule has 0 aliphatic heterocycles. The zero-order valence-corrected chi connectivity index (χ0v) is 21.0. The molecule has 15 heteroatoms. The van der Waals surface area contributed by atoms with E-state index in [1.807, 2.05) is 18.2 Å². The number of nitrogens with one attached hydrogen (secondary N) is 4. The fraction of sp³-hybridized carbons (Fsp3) is 0.105. The Morgan fingerprint density at radius 2 is 1.85 bits per heavy atom. The number of hydrogen-bond acceptors (Lipinski definition) is 8. The third kappa shape index (κ3) is 7.38. The van der Waals surface area contributed by atoms with Crippen LogP contribution < -0.4 is 21.6 Å². The van der Waals surface area contributed by atoms with Crippen LogP contribution in [0.4, 0.5) is 10.8 Å². The Bertz CT molecular complexity index is 1310. The molecule has 0 saturated carbocycles. The lowest BCUT2D eigenvalue weighted by Crippen LogP contribution is -2.29. The van der Waals surface area contributed by atoms with Crippen LogP contribution in [0.25, 0.3) is 10.6 Å². The Kier molecular flexibility index (Phi) is 9.74. The van der Waals surface area contributed by atoms with E-state index in [1.165, 1.54) is 42.8 Å². The molecular formula is C19H20Cl2N8O3S2. The molecule has 0 bridgehead atoms. The predicted molar refractivity (Wildman–Crippen MR) is 137 cm³/mol. The van der Waals surface area contributed by atoms with Gasteiger partial charge in [0, 0.05) is 18.2 Å². The summed E-state index contributed by atoms with van der Waals surface area (Å²) in [5, 5.41) is 16.2. The first kappa shape index (κ1) is 27.0. The molecule has 1 amide bonds. The van der Waals surface area contributed by atoms with Crippen molar-refractivity contribution in [2.75, 3.05) is 10.7 Å². The summed E-state index contributed by atoms with van der Waals surface area (Å²) >= 11 is 7.41. The molecular weight excluding hydrogens is 523 g/mol.